The first-order chi connectivity index (χ1) is 17.4. The summed E-state index contributed by atoms with van der Waals surface area (Å²) < 4.78 is 32.8. The lowest BCUT2D eigenvalue weighted by molar-refractivity contribution is 0.0447. The Bertz CT molecular complexity index is 1330. The molecule has 4 rings (SSSR count). The van der Waals surface area contributed by atoms with E-state index in [0.29, 0.717) is 34.8 Å². The van der Waals surface area contributed by atoms with Gasteiger partial charge in [0.25, 0.3) is 0 Å². The van der Waals surface area contributed by atoms with E-state index in [-0.39, 0.29) is 24.5 Å². The topological polar surface area (TPSA) is 116 Å². The molecule has 2 N–H and O–H groups in total. The number of benzene rings is 1. The molecule has 0 saturated carbocycles. The van der Waals surface area contributed by atoms with E-state index in [4.69, 9.17) is 14.2 Å². The quantitative estimate of drug-likeness (QED) is 0.446. The summed E-state index contributed by atoms with van der Waals surface area (Å²) in [6, 6.07) is 4.19. The number of aromatic nitrogens is 3. The number of ether oxygens (including phenoxy) is 3. The smallest absolute Gasteiger partial charge is 0.407 e. The lowest BCUT2D eigenvalue weighted by Gasteiger charge is -2.27. The number of carbonyl (C=O) groups is 2. The largest absolute Gasteiger partial charge is 0.485 e. The molecule has 0 radical (unpaired) electrons. The molecule has 3 heterocycles. The zero-order chi connectivity index (χ0) is 27.0. The summed E-state index contributed by atoms with van der Waals surface area (Å²) in [4.78, 5) is 28.9. The van der Waals surface area contributed by atoms with Crippen LogP contribution in [0.15, 0.2) is 30.6 Å². The molecule has 0 spiro atoms. The van der Waals surface area contributed by atoms with E-state index in [0.717, 1.165) is 0 Å². The van der Waals surface area contributed by atoms with E-state index < -0.39 is 29.3 Å². The van der Waals surface area contributed by atoms with Gasteiger partial charge >= 0.3 is 12.1 Å². The van der Waals surface area contributed by atoms with Crippen LogP contribution in [-0.4, -0.2) is 51.0 Å². The third kappa shape index (κ3) is 5.92. The van der Waals surface area contributed by atoms with Crippen LogP contribution in [0.2, 0.25) is 0 Å². The molecule has 37 heavy (non-hydrogen) atoms. The van der Waals surface area contributed by atoms with E-state index in [1.807, 2.05) is 13.8 Å². The highest BCUT2D eigenvalue weighted by atomic mass is 19.1. The lowest BCUT2D eigenvalue weighted by Crippen LogP contribution is -2.45. The summed E-state index contributed by atoms with van der Waals surface area (Å²) in [5.41, 5.74) is 0.522. The Balaban J connectivity index is 1.52. The number of hydrogen-bond donors (Lipinski definition) is 2. The van der Waals surface area contributed by atoms with Gasteiger partial charge in [-0.2, -0.15) is 5.10 Å². The minimum Gasteiger partial charge on any atom is -0.485 e. The number of nitrogens with zero attached hydrogens (tertiary/aromatic N) is 3. The average Bonchev–Trinajstić information content (AvgIpc) is 3.36. The van der Waals surface area contributed by atoms with Crippen LogP contribution in [-0.2, 0) is 15.9 Å². The monoisotopic (exact) mass is 513 g/mol. The van der Waals surface area contributed by atoms with Gasteiger partial charge in [-0.05, 0) is 59.7 Å². The molecular weight excluding hydrogens is 481 g/mol. The van der Waals surface area contributed by atoms with Crippen molar-refractivity contribution < 1.29 is 28.2 Å². The Morgan fingerprint density at radius 3 is 2.78 bits per heavy atom. The van der Waals surface area contributed by atoms with Crippen LogP contribution >= 0.6 is 0 Å². The first-order valence-corrected chi connectivity index (χ1v) is 12.1. The number of fused-ring (bicyclic) bond motifs is 2. The van der Waals surface area contributed by atoms with Crippen LogP contribution in [0.1, 0.15) is 69.1 Å². The Hall–Kier alpha value is -3.89. The van der Waals surface area contributed by atoms with Gasteiger partial charge in [0, 0.05) is 23.7 Å². The minimum atomic E-state index is -0.773. The summed E-state index contributed by atoms with van der Waals surface area (Å²) in [7, 11) is 0. The number of anilines is 1. The molecule has 1 aliphatic heterocycles. The maximum atomic E-state index is 14.6. The average molecular weight is 514 g/mol. The highest BCUT2D eigenvalue weighted by Crippen LogP contribution is 2.41. The number of alkyl carbamates (subject to hydrolysis) is 1. The number of amides is 1. The van der Waals surface area contributed by atoms with E-state index in [2.05, 4.69) is 20.7 Å². The molecule has 0 aliphatic carbocycles. The Labute approximate surface area is 214 Å². The number of carbonyl (C=O) groups excluding carboxylic acids is 2. The van der Waals surface area contributed by atoms with Gasteiger partial charge in [-0.25, -0.2) is 23.5 Å². The fourth-order valence-electron chi connectivity index (χ4n) is 4.21. The zero-order valence-electron chi connectivity index (χ0n) is 21.8. The molecule has 10 nitrogen and oxygen atoms in total. The van der Waals surface area contributed by atoms with Crippen molar-refractivity contribution in [2.24, 2.45) is 0 Å². The fraction of sp³-hybridized carbons (Fsp3) is 0.462. The van der Waals surface area contributed by atoms with Crippen molar-refractivity contribution in [1.82, 2.24) is 19.9 Å². The number of halogens is 1. The van der Waals surface area contributed by atoms with Crippen molar-refractivity contribution in [2.45, 2.75) is 65.2 Å². The number of nitrogens with one attached hydrogen (secondary N) is 2. The van der Waals surface area contributed by atoms with Gasteiger partial charge in [-0.3, -0.25) is 0 Å². The van der Waals surface area contributed by atoms with Gasteiger partial charge in [0.1, 0.15) is 34.2 Å². The first-order valence-electron chi connectivity index (χ1n) is 12.1. The van der Waals surface area contributed by atoms with Gasteiger partial charge in [0.05, 0.1) is 25.4 Å². The van der Waals surface area contributed by atoms with Crippen molar-refractivity contribution in [3.05, 3.63) is 53.1 Å². The van der Waals surface area contributed by atoms with Crippen molar-refractivity contribution in [2.75, 3.05) is 18.5 Å². The van der Waals surface area contributed by atoms with Crippen molar-refractivity contribution in [3.63, 3.8) is 0 Å². The van der Waals surface area contributed by atoms with Crippen LogP contribution in [0, 0.1) is 5.82 Å². The predicted octanol–water partition coefficient (Wildman–Crippen LogP) is 4.44. The molecule has 1 aliphatic rings. The number of rotatable bonds is 7. The highest BCUT2D eigenvalue weighted by Gasteiger charge is 2.38. The highest BCUT2D eigenvalue weighted by molar-refractivity contribution is 5.95. The summed E-state index contributed by atoms with van der Waals surface area (Å²) in [5, 5.41) is 10.1. The number of esters is 1. The molecular formula is C26H32FN5O5. The fourth-order valence-corrected chi connectivity index (χ4v) is 4.21. The van der Waals surface area contributed by atoms with Crippen LogP contribution in [0.4, 0.5) is 15.0 Å². The standard InChI is InChI=1S/C26H32FN5O5/c1-7-35-23(33)19-13-29-32-9-8-20(31-22(19)32)30-15(2)18-11-17(27)10-16-12-26(6,36-21(16)18)14-28-24(34)37-25(3,4)5/h8-11,13,15H,7,12,14H2,1-6H3,(H,28,34)(H,30,31)/t15-,26?/m1/s1. The third-order valence-electron chi connectivity index (χ3n) is 5.77. The normalized spacial score (nSPS) is 17.6. The molecule has 0 saturated heterocycles. The van der Waals surface area contributed by atoms with E-state index in [9.17, 15) is 14.0 Å². The summed E-state index contributed by atoms with van der Waals surface area (Å²) in [6.07, 6.45) is 2.95. The summed E-state index contributed by atoms with van der Waals surface area (Å²) in [5.74, 6) is 0.133. The van der Waals surface area contributed by atoms with E-state index >= 15 is 0 Å². The maximum absolute atomic E-state index is 14.6. The van der Waals surface area contributed by atoms with Crippen LogP contribution in [0.3, 0.4) is 0 Å². The van der Waals surface area contributed by atoms with Gasteiger partial charge in [-0.15, -0.1) is 0 Å². The van der Waals surface area contributed by atoms with E-state index in [1.165, 1.54) is 22.8 Å². The van der Waals surface area contributed by atoms with Crippen LogP contribution < -0.4 is 15.4 Å². The second-order valence-corrected chi connectivity index (χ2v) is 10.3. The molecule has 0 bridgehead atoms. The molecule has 1 unspecified atom stereocenters. The molecule has 1 amide bonds. The maximum Gasteiger partial charge on any atom is 0.407 e. The van der Waals surface area contributed by atoms with Crippen molar-refractivity contribution >= 4 is 23.5 Å². The second kappa shape index (κ2) is 9.87. The van der Waals surface area contributed by atoms with Crippen molar-refractivity contribution in [3.8, 4) is 5.75 Å². The minimum absolute atomic E-state index is 0.190. The first kappa shape index (κ1) is 26.2. The zero-order valence-corrected chi connectivity index (χ0v) is 21.8. The Morgan fingerprint density at radius 1 is 1.32 bits per heavy atom. The molecule has 2 aromatic heterocycles. The summed E-state index contributed by atoms with van der Waals surface area (Å²) in [6.45, 7) is 11.2. The molecule has 2 atom stereocenters. The molecule has 3 aromatic rings. The van der Waals surface area contributed by atoms with Gasteiger partial charge in [-0.1, -0.05) is 0 Å². The van der Waals surface area contributed by atoms with Gasteiger partial charge < -0.3 is 24.8 Å². The van der Waals surface area contributed by atoms with Crippen molar-refractivity contribution in [1.29, 1.82) is 0 Å². The lowest BCUT2D eigenvalue weighted by atomic mass is 9.97. The molecule has 11 heteroatoms. The summed E-state index contributed by atoms with van der Waals surface area (Å²) >= 11 is 0. The predicted molar refractivity (Wildman–Crippen MR) is 134 cm³/mol. The Morgan fingerprint density at radius 2 is 2.08 bits per heavy atom. The molecule has 0 fully saturated rings. The van der Waals surface area contributed by atoms with Crippen LogP contribution in [0.25, 0.3) is 5.65 Å². The van der Waals surface area contributed by atoms with Gasteiger partial charge in [0.2, 0.25) is 0 Å². The molecule has 198 valence electrons. The third-order valence-corrected chi connectivity index (χ3v) is 5.77. The number of hydrogen-bond acceptors (Lipinski definition) is 8. The Kier molecular flexibility index (Phi) is 6.98. The SMILES string of the molecule is CCOC(=O)c1cnn2ccc(N[C@H](C)c3cc(F)cc4c3OC(C)(CNC(=O)OC(C)(C)C)C4)nc12. The van der Waals surface area contributed by atoms with E-state index in [1.54, 1.807) is 40.0 Å². The molecule has 1 aromatic carbocycles. The second-order valence-electron chi connectivity index (χ2n) is 10.3. The van der Waals surface area contributed by atoms with Crippen LogP contribution in [0.5, 0.6) is 5.75 Å². The van der Waals surface area contributed by atoms with Gasteiger partial charge in [0.15, 0.2) is 5.65 Å².